The predicted molar refractivity (Wildman–Crippen MR) is 66.9 cm³/mol. The minimum atomic E-state index is -0.501. The molecule has 0 aliphatic heterocycles. The Morgan fingerprint density at radius 1 is 1.33 bits per heavy atom. The molecule has 0 spiro atoms. The Balaban J connectivity index is 2.20. The van der Waals surface area contributed by atoms with Crippen LogP contribution >= 0.6 is 0 Å². The van der Waals surface area contributed by atoms with Gasteiger partial charge in [-0.1, -0.05) is 0 Å². The summed E-state index contributed by atoms with van der Waals surface area (Å²) in [7, 11) is 1.63. The Morgan fingerprint density at radius 3 is 2.83 bits per heavy atom. The first-order valence-corrected chi connectivity index (χ1v) is 5.78. The van der Waals surface area contributed by atoms with Gasteiger partial charge in [0.2, 0.25) is 0 Å². The fraction of sp³-hybridized carbons (Fsp3) is 0.462. The highest BCUT2D eigenvalue weighted by atomic mass is 19.1. The van der Waals surface area contributed by atoms with Crippen molar-refractivity contribution in [3.63, 3.8) is 0 Å². The SMILES string of the molecule is COCCOCCCNc1ccc(C#N)c(F)c1. The van der Waals surface area contributed by atoms with Gasteiger partial charge in [0, 0.05) is 25.9 Å². The van der Waals surface area contributed by atoms with E-state index in [1.165, 1.54) is 12.1 Å². The maximum absolute atomic E-state index is 13.3. The molecule has 4 nitrogen and oxygen atoms in total. The average Bonchev–Trinajstić information content (AvgIpc) is 2.38. The molecule has 1 N–H and O–H groups in total. The summed E-state index contributed by atoms with van der Waals surface area (Å²) in [6.45, 7) is 2.50. The van der Waals surface area contributed by atoms with Crippen LogP contribution in [0.25, 0.3) is 0 Å². The summed E-state index contributed by atoms with van der Waals surface area (Å²) in [6, 6.07) is 6.26. The molecule has 5 heteroatoms. The first-order valence-electron chi connectivity index (χ1n) is 5.78. The first kappa shape index (κ1) is 14.4. The minimum Gasteiger partial charge on any atom is -0.385 e. The Hall–Kier alpha value is -1.64. The lowest BCUT2D eigenvalue weighted by Gasteiger charge is -2.07. The molecule has 1 aromatic carbocycles. The molecule has 0 aliphatic rings. The molecule has 0 aliphatic carbocycles. The molecule has 18 heavy (non-hydrogen) atoms. The van der Waals surface area contributed by atoms with Gasteiger partial charge < -0.3 is 14.8 Å². The molecule has 0 fully saturated rings. The number of halogens is 1. The van der Waals surface area contributed by atoms with Gasteiger partial charge in [-0.25, -0.2) is 4.39 Å². The molecule has 1 rings (SSSR count). The summed E-state index contributed by atoms with van der Waals surface area (Å²) in [5.74, 6) is -0.501. The van der Waals surface area contributed by atoms with Crippen molar-refractivity contribution in [2.45, 2.75) is 6.42 Å². The quantitative estimate of drug-likeness (QED) is 0.720. The second-order valence-corrected chi connectivity index (χ2v) is 3.69. The van der Waals surface area contributed by atoms with Crippen LogP contribution in [0.15, 0.2) is 18.2 Å². The number of nitriles is 1. The van der Waals surface area contributed by atoms with Gasteiger partial charge in [-0.05, 0) is 24.6 Å². The van der Waals surface area contributed by atoms with E-state index in [4.69, 9.17) is 14.7 Å². The third kappa shape index (κ3) is 5.13. The van der Waals surface area contributed by atoms with Crippen LogP contribution in [-0.2, 0) is 9.47 Å². The third-order valence-electron chi connectivity index (χ3n) is 2.32. The maximum Gasteiger partial charge on any atom is 0.143 e. The number of nitrogens with zero attached hydrogens (tertiary/aromatic N) is 1. The molecule has 0 unspecified atom stereocenters. The molecule has 0 saturated carbocycles. The zero-order valence-corrected chi connectivity index (χ0v) is 10.4. The van der Waals surface area contributed by atoms with Gasteiger partial charge in [0.25, 0.3) is 0 Å². The van der Waals surface area contributed by atoms with Gasteiger partial charge in [0.15, 0.2) is 0 Å². The Kier molecular flexibility index (Phi) is 6.77. The van der Waals surface area contributed by atoms with E-state index in [9.17, 15) is 4.39 Å². The molecular formula is C13H17FN2O2. The minimum absolute atomic E-state index is 0.0587. The van der Waals surface area contributed by atoms with E-state index in [1.807, 2.05) is 0 Å². The van der Waals surface area contributed by atoms with Gasteiger partial charge in [-0.15, -0.1) is 0 Å². The van der Waals surface area contributed by atoms with Crippen LogP contribution in [-0.4, -0.2) is 33.5 Å². The van der Waals surface area contributed by atoms with E-state index in [2.05, 4.69) is 5.32 Å². The molecule has 1 aromatic rings. The third-order valence-corrected chi connectivity index (χ3v) is 2.32. The van der Waals surface area contributed by atoms with Gasteiger partial charge in [0.1, 0.15) is 11.9 Å². The van der Waals surface area contributed by atoms with Crippen molar-refractivity contribution in [3.8, 4) is 6.07 Å². The number of anilines is 1. The van der Waals surface area contributed by atoms with Crippen molar-refractivity contribution in [1.29, 1.82) is 5.26 Å². The zero-order valence-electron chi connectivity index (χ0n) is 10.4. The highest BCUT2D eigenvalue weighted by Crippen LogP contribution is 2.13. The van der Waals surface area contributed by atoms with Crippen molar-refractivity contribution >= 4 is 5.69 Å². The van der Waals surface area contributed by atoms with E-state index in [-0.39, 0.29) is 5.56 Å². The summed E-state index contributed by atoms with van der Waals surface area (Å²) in [5, 5.41) is 11.7. The average molecular weight is 252 g/mol. The molecule has 0 amide bonds. The molecule has 0 aromatic heterocycles. The van der Waals surface area contributed by atoms with E-state index in [1.54, 1.807) is 19.2 Å². The van der Waals surface area contributed by atoms with Crippen LogP contribution in [0.3, 0.4) is 0 Å². The van der Waals surface area contributed by atoms with Crippen molar-refractivity contribution in [3.05, 3.63) is 29.6 Å². The summed E-state index contributed by atoms with van der Waals surface area (Å²) < 4.78 is 23.4. The van der Waals surface area contributed by atoms with Gasteiger partial charge in [0.05, 0.1) is 18.8 Å². The molecule has 0 atom stereocenters. The first-order chi connectivity index (χ1) is 8.77. The molecule has 0 heterocycles. The Morgan fingerprint density at radius 2 is 2.17 bits per heavy atom. The summed E-state index contributed by atoms with van der Waals surface area (Å²) in [6.07, 6.45) is 0.825. The molecule has 0 saturated heterocycles. The largest absolute Gasteiger partial charge is 0.385 e. The van der Waals surface area contributed by atoms with Crippen LogP contribution < -0.4 is 5.32 Å². The fourth-order valence-corrected chi connectivity index (χ4v) is 1.37. The lowest BCUT2D eigenvalue weighted by atomic mass is 10.2. The van der Waals surface area contributed by atoms with Crippen LogP contribution in [0.2, 0.25) is 0 Å². The second kappa shape index (κ2) is 8.45. The van der Waals surface area contributed by atoms with Crippen LogP contribution in [0.1, 0.15) is 12.0 Å². The van der Waals surface area contributed by atoms with E-state index in [0.717, 1.165) is 6.42 Å². The maximum atomic E-state index is 13.3. The zero-order chi connectivity index (χ0) is 13.2. The smallest absolute Gasteiger partial charge is 0.143 e. The van der Waals surface area contributed by atoms with Crippen LogP contribution in [0.4, 0.5) is 10.1 Å². The Bertz CT molecular complexity index is 404. The number of ether oxygens (including phenoxy) is 2. The van der Waals surface area contributed by atoms with E-state index < -0.39 is 5.82 Å². The standard InChI is InChI=1S/C13H17FN2O2/c1-17-7-8-18-6-2-5-16-12-4-3-11(10-15)13(14)9-12/h3-4,9,16H,2,5-8H2,1H3. The van der Waals surface area contributed by atoms with Crippen molar-refractivity contribution in [1.82, 2.24) is 0 Å². The Labute approximate surface area is 106 Å². The second-order valence-electron chi connectivity index (χ2n) is 3.69. The highest BCUT2D eigenvalue weighted by Gasteiger charge is 2.01. The number of nitrogens with one attached hydrogen (secondary N) is 1. The monoisotopic (exact) mass is 252 g/mol. The topological polar surface area (TPSA) is 54.3 Å². The lowest BCUT2D eigenvalue weighted by molar-refractivity contribution is 0.0705. The van der Waals surface area contributed by atoms with Gasteiger partial charge in [-0.2, -0.15) is 5.26 Å². The number of hydrogen-bond acceptors (Lipinski definition) is 4. The molecule has 98 valence electrons. The van der Waals surface area contributed by atoms with Gasteiger partial charge >= 0.3 is 0 Å². The number of benzene rings is 1. The normalized spacial score (nSPS) is 10.1. The van der Waals surface area contributed by atoms with E-state index >= 15 is 0 Å². The number of rotatable bonds is 8. The predicted octanol–water partition coefficient (Wildman–Crippen LogP) is 2.16. The summed E-state index contributed by atoms with van der Waals surface area (Å²) in [4.78, 5) is 0. The van der Waals surface area contributed by atoms with Crippen molar-refractivity contribution < 1.29 is 13.9 Å². The molecular weight excluding hydrogens is 235 g/mol. The summed E-state index contributed by atoms with van der Waals surface area (Å²) in [5.41, 5.74) is 0.729. The number of methoxy groups -OCH3 is 1. The fourth-order valence-electron chi connectivity index (χ4n) is 1.37. The van der Waals surface area contributed by atoms with Crippen molar-refractivity contribution in [2.24, 2.45) is 0 Å². The van der Waals surface area contributed by atoms with E-state index in [0.29, 0.717) is 32.1 Å². The van der Waals surface area contributed by atoms with Gasteiger partial charge in [-0.3, -0.25) is 0 Å². The number of hydrogen-bond donors (Lipinski definition) is 1. The summed E-state index contributed by atoms with van der Waals surface area (Å²) >= 11 is 0. The lowest BCUT2D eigenvalue weighted by Crippen LogP contribution is -2.08. The van der Waals surface area contributed by atoms with Crippen molar-refractivity contribution in [2.75, 3.05) is 38.8 Å². The van der Waals surface area contributed by atoms with Crippen LogP contribution in [0.5, 0.6) is 0 Å². The van der Waals surface area contributed by atoms with Crippen LogP contribution in [0, 0.1) is 17.1 Å². The highest BCUT2D eigenvalue weighted by molar-refractivity contribution is 5.47. The molecule has 0 radical (unpaired) electrons. The molecule has 0 bridgehead atoms.